The minimum Gasteiger partial charge on any atom is -0.369 e. The Morgan fingerprint density at radius 3 is 2.90 bits per heavy atom. The fourth-order valence-electron chi connectivity index (χ4n) is 1.69. The van der Waals surface area contributed by atoms with E-state index in [2.05, 4.69) is 20.7 Å². The van der Waals surface area contributed by atoms with E-state index in [1.54, 1.807) is 10.7 Å². The summed E-state index contributed by atoms with van der Waals surface area (Å²) < 4.78 is 1.69. The molecule has 0 fully saturated rings. The van der Waals surface area contributed by atoms with Crippen LogP contribution in [0.2, 0.25) is 5.02 Å². The summed E-state index contributed by atoms with van der Waals surface area (Å²) in [5, 5.41) is 10.4. The van der Waals surface area contributed by atoms with E-state index in [9.17, 15) is 4.79 Å². The summed E-state index contributed by atoms with van der Waals surface area (Å²) in [6.07, 6.45) is 3.32. The van der Waals surface area contributed by atoms with Gasteiger partial charge in [0.15, 0.2) is 0 Å². The maximum atomic E-state index is 12.0. The van der Waals surface area contributed by atoms with Crippen LogP contribution in [0.3, 0.4) is 0 Å². The molecule has 0 saturated heterocycles. The van der Waals surface area contributed by atoms with Crippen LogP contribution in [0.4, 0.5) is 5.82 Å². The van der Waals surface area contributed by atoms with Gasteiger partial charge in [-0.3, -0.25) is 9.48 Å². The van der Waals surface area contributed by atoms with Crippen molar-refractivity contribution in [2.75, 3.05) is 11.9 Å². The van der Waals surface area contributed by atoms with E-state index in [0.717, 1.165) is 12.2 Å². The second kappa shape index (κ2) is 6.38. The molecule has 0 bridgehead atoms. The molecule has 0 atom stereocenters. The molecule has 7 heteroatoms. The lowest BCUT2D eigenvalue weighted by molar-refractivity contribution is 0.0950. The van der Waals surface area contributed by atoms with Crippen molar-refractivity contribution in [2.24, 2.45) is 7.05 Å². The Kier molecular flexibility index (Phi) is 4.57. The maximum absolute atomic E-state index is 12.0. The molecule has 0 radical (unpaired) electrons. The number of rotatable bonds is 5. The topological polar surface area (TPSA) is 71.8 Å². The molecule has 0 saturated carbocycles. The van der Waals surface area contributed by atoms with E-state index in [0.29, 0.717) is 22.9 Å². The third kappa shape index (κ3) is 3.48. The zero-order valence-electron chi connectivity index (χ0n) is 11.4. The van der Waals surface area contributed by atoms with Crippen molar-refractivity contribution in [3.05, 3.63) is 40.8 Å². The van der Waals surface area contributed by atoms with E-state index in [4.69, 9.17) is 11.6 Å². The summed E-state index contributed by atoms with van der Waals surface area (Å²) >= 11 is 6.05. The maximum Gasteiger partial charge on any atom is 0.253 e. The van der Waals surface area contributed by atoms with E-state index in [1.807, 2.05) is 26.2 Å². The van der Waals surface area contributed by atoms with Gasteiger partial charge in [-0.25, -0.2) is 4.98 Å². The van der Waals surface area contributed by atoms with Crippen molar-refractivity contribution in [3.8, 4) is 0 Å². The number of amides is 1. The van der Waals surface area contributed by atoms with E-state index in [1.165, 1.54) is 6.20 Å². The van der Waals surface area contributed by atoms with Crippen LogP contribution in [0.15, 0.2) is 24.5 Å². The Hall–Kier alpha value is -2.08. The first-order valence-electron chi connectivity index (χ1n) is 6.26. The second-order valence-corrected chi connectivity index (χ2v) is 4.66. The molecule has 0 aliphatic rings. The van der Waals surface area contributed by atoms with Crippen molar-refractivity contribution < 1.29 is 4.79 Å². The van der Waals surface area contributed by atoms with Crippen LogP contribution in [0.25, 0.3) is 0 Å². The number of nitrogens with zero attached hydrogens (tertiary/aromatic N) is 3. The van der Waals surface area contributed by atoms with Gasteiger partial charge in [0.05, 0.1) is 22.8 Å². The number of carbonyl (C=O) groups is 1. The first kappa shape index (κ1) is 14.3. The number of hydrogen-bond acceptors (Lipinski definition) is 4. The largest absolute Gasteiger partial charge is 0.369 e. The third-order valence-corrected chi connectivity index (χ3v) is 2.93. The van der Waals surface area contributed by atoms with Crippen molar-refractivity contribution in [3.63, 3.8) is 0 Å². The monoisotopic (exact) mass is 293 g/mol. The number of aryl methyl sites for hydroxylation is 1. The highest BCUT2D eigenvalue weighted by molar-refractivity contribution is 6.33. The smallest absolute Gasteiger partial charge is 0.253 e. The van der Waals surface area contributed by atoms with Gasteiger partial charge in [-0.1, -0.05) is 11.6 Å². The van der Waals surface area contributed by atoms with Gasteiger partial charge in [0.1, 0.15) is 5.82 Å². The quantitative estimate of drug-likeness (QED) is 0.882. The van der Waals surface area contributed by atoms with Crippen LogP contribution in [0.5, 0.6) is 0 Å². The Morgan fingerprint density at radius 2 is 2.30 bits per heavy atom. The molecular weight excluding hydrogens is 278 g/mol. The van der Waals surface area contributed by atoms with Gasteiger partial charge >= 0.3 is 0 Å². The van der Waals surface area contributed by atoms with Crippen LogP contribution < -0.4 is 10.6 Å². The molecular formula is C13H16ClN5O. The first-order valence-corrected chi connectivity index (χ1v) is 6.64. The summed E-state index contributed by atoms with van der Waals surface area (Å²) in [5.74, 6) is 0.351. The summed E-state index contributed by atoms with van der Waals surface area (Å²) in [5.41, 5.74) is 1.22. The molecule has 2 N–H and O–H groups in total. The summed E-state index contributed by atoms with van der Waals surface area (Å²) in [6.45, 7) is 3.04. The number of hydrogen-bond donors (Lipinski definition) is 2. The third-order valence-electron chi connectivity index (χ3n) is 2.65. The minimum atomic E-state index is -0.229. The molecule has 0 aliphatic heterocycles. The van der Waals surface area contributed by atoms with E-state index in [-0.39, 0.29) is 5.91 Å². The zero-order valence-corrected chi connectivity index (χ0v) is 12.1. The second-order valence-electron chi connectivity index (χ2n) is 4.25. The average Bonchev–Trinajstić information content (AvgIpc) is 2.84. The standard InChI is InChI=1S/C13H16ClN5O/c1-3-15-12-11(14)6-9(7-16-12)13(20)17-8-10-4-5-19(2)18-10/h4-7H,3,8H2,1-2H3,(H,15,16)(H,17,20). The van der Waals surface area contributed by atoms with Gasteiger partial charge in [0.25, 0.3) is 5.91 Å². The normalized spacial score (nSPS) is 10.3. The van der Waals surface area contributed by atoms with Gasteiger partial charge in [-0.15, -0.1) is 0 Å². The molecule has 106 valence electrons. The van der Waals surface area contributed by atoms with Gasteiger partial charge in [-0.2, -0.15) is 5.10 Å². The molecule has 2 aromatic heterocycles. The molecule has 0 spiro atoms. The van der Waals surface area contributed by atoms with Gasteiger partial charge < -0.3 is 10.6 Å². The molecule has 0 aliphatic carbocycles. The Bertz CT molecular complexity index is 611. The minimum absolute atomic E-state index is 0.229. The molecule has 2 rings (SSSR count). The number of halogens is 1. The SMILES string of the molecule is CCNc1ncc(C(=O)NCc2ccn(C)n2)cc1Cl. The summed E-state index contributed by atoms with van der Waals surface area (Å²) in [7, 11) is 1.83. The molecule has 6 nitrogen and oxygen atoms in total. The summed E-state index contributed by atoms with van der Waals surface area (Å²) in [4.78, 5) is 16.1. The summed E-state index contributed by atoms with van der Waals surface area (Å²) in [6, 6.07) is 3.44. The molecule has 2 heterocycles. The van der Waals surface area contributed by atoms with Crippen LogP contribution in [0.1, 0.15) is 23.0 Å². The highest BCUT2D eigenvalue weighted by Crippen LogP contribution is 2.19. The van der Waals surface area contributed by atoms with Crippen LogP contribution >= 0.6 is 11.6 Å². The first-order chi connectivity index (χ1) is 9.60. The predicted octanol–water partition coefficient (Wildman–Crippen LogP) is 1.83. The molecule has 1 amide bonds. The lowest BCUT2D eigenvalue weighted by Crippen LogP contribution is -2.23. The van der Waals surface area contributed by atoms with Gasteiger partial charge in [0, 0.05) is 26.0 Å². The molecule has 20 heavy (non-hydrogen) atoms. The highest BCUT2D eigenvalue weighted by atomic mass is 35.5. The predicted molar refractivity (Wildman–Crippen MR) is 77.8 cm³/mol. The van der Waals surface area contributed by atoms with E-state index < -0.39 is 0 Å². The van der Waals surface area contributed by atoms with Gasteiger partial charge in [0.2, 0.25) is 0 Å². The Morgan fingerprint density at radius 1 is 1.50 bits per heavy atom. The zero-order chi connectivity index (χ0) is 14.5. The fourth-order valence-corrected chi connectivity index (χ4v) is 1.92. The molecule has 0 unspecified atom stereocenters. The van der Waals surface area contributed by atoms with E-state index >= 15 is 0 Å². The van der Waals surface area contributed by atoms with Crippen molar-refractivity contribution in [1.82, 2.24) is 20.1 Å². The number of pyridine rings is 1. The fraction of sp³-hybridized carbons (Fsp3) is 0.308. The average molecular weight is 294 g/mol. The number of nitrogens with one attached hydrogen (secondary N) is 2. The number of anilines is 1. The van der Waals surface area contributed by atoms with Crippen molar-refractivity contribution in [2.45, 2.75) is 13.5 Å². The Labute approximate surface area is 122 Å². The van der Waals surface area contributed by atoms with Crippen LogP contribution in [0, 0.1) is 0 Å². The van der Waals surface area contributed by atoms with Gasteiger partial charge in [-0.05, 0) is 19.1 Å². The van der Waals surface area contributed by atoms with Crippen molar-refractivity contribution in [1.29, 1.82) is 0 Å². The number of aromatic nitrogens is 3. The Balaban J connectivity index is 2.00. The number of carbonyl (C=O) groups excluding carboxylic acids is 1. The highest BCUT2D eigenvalue weighted by Gasteiger charge is 2.10. The lowest BCUT2D eigenvalue weighted by Gasteiger charge is -2.07. The molecule has 2 aromatic rings. The van der Waals surface area contributed by atoms with Crippen LogP contribution in [-0.2, 0) is 13.6 Å². The molecule has 0 aromatic carbocycles. The van der Waals surface area contributed by atoms with Crippen molar-refractivity contribution >= 4 is 23.3 Å². The van der Waals surface area contributed by atoms with Crippen LogP contribution in [-0.4, -0.2) is 27.2 Å². The lowest BCUT2D eigenvalue weighted by atomic mass is 10.2.